The van der Waals surface area contributed by atoms with Gasteiger partial charge in [-0.15, -0.1) is 6.58 Å². The third kappa shape index (κ3) is 4.04. The van der Waals surface area contributed by atoms with Crippen LogP contribution in [0.25, 0.3) is 0 Å². The second kappa shape index (κ2) is 8.50. The maximum absolute atomic E-state index is 10.1. The summed E-state index contributed by atoms with van der Waals surface area (Å²) in [6.45, 7) is 6.83. The summed E-state index contributed by atoms with van der Waals surface area (Å²) < 4.78 is 0. The molecule has 0 radical (unpaired) electrons. The number of aromatic hydroxyl groups is 1. The Labute approximate surface area is 155 Å². The van der Waals surface area contributed by atoms with Crippen LogP contribution in [0.15, 0.2) is 91.5 Å². The molecule has 0 aliphatic rings. The Bertz CT molecular complexity index is 857. The van der Waals surface area contributed by atoms with Gasteiger partial charge < -0.3 is 10.4 Å². The summed E-state index contributed by atoms with van der Waals surface area (Å²) in [5.74, 6) is 0.447. The van der Waals surface area contributed by atoms with Crippen LogP contribution in [0.5, 0.6) is 5.75 Å². The molecule has 0 heterocycles. The van der Waals surface area contributed by atoms with E-state index in [0.29, 0.717) is 12.3 Å². The highest BCUT2D eigenvalue weighted by atomic mass is 16.3. The van der Waals surface area contributed by atoms with Crippen LogP contribution in [0.4, 0.5) is 0 Å². The molecule has 2 heteroatoms. The van der Waals surface area contributed by atoms with Crippen molar-refractivity contribution in [1.82, 2.24) is 5.32 Å². The van der Waals surface area contributed by atoms with E-state index < -0.39 is 0 Å². The number of rotatable bonds is 7. The fourth-order valence-corrected chi connectivity index (χ4v) is 3.40. The van der Waals surface area contributed by atoms with Crippen molar-refractivity contribution in [1.29, 1.82) is 0 Å². The van der Waals surface area contributed by atoms with Gasteiger partial charge in [0.05, 0.1) is 0 Å². The monoisotopic (exact) mass is 343 g/mol. The number of hydrogen-bond donors (Lipinski definition) is 2. The quantitative estimate of drug-likeness (QED) is 0.555. The Morgan fingerprint density at radius 3 is 2.27 bits per heavy atom. The molecule has 0 unspecified atom stereocenters. The molecule has 0 aliphatic heterocycles. The van der Waals surface area contributed by atoms with Crippen LogP contribution < -0.4 is 5.32 Å². The lowest BCUT2D eigenvalue weighted by Crippen LogP contribution is -2.26. The van der Waals surface area contributed by atoms with E-state index in [-0.39, 0.29) is 12.0 Å². The molecule has 3 rings (SSSR count). The van der Waals surface area contributed by atoms with Crippen molar-refractivity contribution in [3.63, 3.8) is 0 Å². The van der Waals surface area contributed by atoms with E-state index >= 15 is 0 Å². The Balaban J connectivity index is 1.94. The maximum Gasteiger partial charge on any atom is 0.120 e. The van der Waals surface area contributed by atoms with Gasteiger partial charge in [0, 0.05) is 24.1 Å². The minimum atomic E-state index is 0.0643. The fraction of sp³-hybridized carbons (Fsp3) is 0.167. The largest absolute Gasteiger partial charge is 0.508 e. The molecule has 2 N–H and O–H groups in total. The number of hydrogen-bond acceptors (Lipinski definition) is 2. The van der Waals surface area contributed by atoms with E-state index in [1.165, 1.54) is 16.7 Å². The Kier molecular flexibility index (Phi) is 5.88. The third-order valence-corrected chi connectivity index (χ3v) is 4.82. The SMILES string of the molecule is C=C[C@H](c1ccccc1C)[C@H](NCc1ccccc1O)c1ccccc1. The summed E-state index contributed by atoms with van der Waals surface area (Å²) in [7, 11) is 0. The molecular formula is C24H25NO. The molecule has 2 nitrogen and oxygen atoms in total. The van der Waals surface area contributed by atoms with Gasteiger partial charge >= 0.3 is 0 Å². The molecule has 0 spiro atoms. The highest BCUT2D eigenvalue weighted by Gasteiger charge is 2.23. The molecule has 2 atom stereocenters. The normalized spacial score (nSPS) is 13.1. The molecule has 132 valence electrons. The van der Waals surface area contributed by atoms with Crippen molar-refractivity contribution >= 4 is 0 Å². The zero-order chi connectivity index (χ0) is 18.4. The van der Waals surface area contributed by atoms with Gasteiger partial charge in [-0.1, -0.05) is 78.9 Å². The summed E-state index contributed by atoms with van der Waals surface area (Å²) >= 11 is 0. The molecule has 0 saturated heterocycles. The molecule has 3 aromatic carbocycles. The average molecular weight is 343 g/mol. The van der Waals surface area contributed by atoms with Gasteiger partial charge in [0.2, 0.25) is 0 Å². The number of phenols is 1. The van der Waals surface area contributed by atoms with E-state index in [2.05, 4.69) is 67.4 Å². The second-order valence-electron chi connectivity index (χ2n) is 6.52. The van der Waals surface area contributed by atoms with Gasteiger partial charge in [0.15, 0.2) is 0 Å². The van der Waals surface area contributed by atoms with Crippen LogP contribution >= 0.6 is 0 Å². The van der Waals surface area contributed by atoms with Gasteiger partial charge in [-0.2, -0.15) is 0 Å². The Morgan fingerprint density at radius 1 is 0.923 bits per heavy atom. The minimum absolute atomic E-state index is 0.0643. The first kappa shape index (κ1) is 18.0. The topological polar surface area (TPSA) is 32.3 Å². The molecule has 0 amide bonds. The van der Waals surface area contributed by atoms with Gasteiger partial charge in [0.1, 0.15) is 5.75 Å². The van der Waals surface area contributed by atoms with Crippen LogP contribution in [0.2, 0.25) is 0 Å². The molecule has 3 aromatic rings. The Hall–Kier alpha value is -2.84. The lowest BCUT2D eigenvalue weighted by molar-refractivity contribution is 0.449. The minimum Gasteiger partial charge on any atom is -0.508 e. The molecule has 0 aromatic heterocycles. The maximum atomic E-state index is 10.1. The highest BCUT2D eigenvalue weighted by molar-refractivity contribution is 5.37. The van der Waals surface area contributed by atoms with Crippen molar-refractivity contribution in [2.75, 3.05) is 0 Å². The number of aryl methyl sites for hydroxylation is 1. The smallest absolute Gasteiger partial charge is 0.120 e. The first-order valence-electron chi connectivity index (χ1n) is 8.94. The summed E-state index contributed by atoms with van der Waals surface area (Å²) in [6, 6.07) is 26.4. The first-order chi connectivity index (χ1) is 12.7. The van der Waals surface area contributed by atoms with Gasteiger partial charge in [-0.3, -0.25) is 0 Å². The second-order valence-corrected chi connectivity index (χ2v) is 6.52. The molecule has 0 aliphatic carbocycles. The van der Waals surface area contributed by atoms with Crippen LogP contribution in [-0.2, 0) is 6.54 Å². The average Bonchev–Trinajstić information content (AvgIpc) is 2.68. The van der Waals surface area contributed by atoms with Crippen LogP contribution in [0, 0.1) is 6.92 Å². The van der Waals surface area contributed by atoms with Crippen molar-refractivity contribution < 1.29 is 5.11 Å². The van der Waals surface area contributed by atoms with Crippen molar-refractivity contribution in [2.45, 2.75) is 25.4 Å². The number of phenolic OH excluding ortho intramolecular Hbond substituents is 1. The summed E-state index contributed by atoms with van der Waals surface area (Å²) in [5.41, 5.74) is 4.61. The van der Waals surface area contributed by atoms with E-state index in [9.17, 15) is 5.11 Å². The standard InChI is InChI=1S/C24H25NO/c1-3-21(22-15-9-7-11-18(22)2)24(19-12-5-4-6-13-19)25-17-20-14-8-10-16-23(20)26/h3-16,21,24-26H,1,17H2,2H3/t21-,24-/m1/s1. The zero-order valence-corrected chi connectivity index (χ0v) is 15.1. The van der Waals surface area contributed by atoms with E-state index in [1.54, 1.807) is 6.07 Å². The van der Waals surface area contributed by atoms with E-state index in [4.69, 9.17) is 0 Å². The summed E-state index contributed by atoms with van der Waals surface area (Å²) in [5, 5.41) is 13.7. The van der Waals surface area contributed by atoms with E-state index in [0.717, 1.165) is 5.56 Å². The van der Waals surface area contributed by atoms with Gasteiger partial charge in [-0.05, 0) is 29.7 Å². The number of para-hydroxylation sites is 1. The molecule has 0 bridgehead atoms. The van der Waals surface area contributed by atoms with Crippen molar-refractivity contribution in [2.24, 2.45) is 0 Å². The molecule has 0 fully saturated rings. The van der Waals surface area contributed by atoms with Gasteiger partial charge in [0.25, 0.3) is 0 Å². The van der Waals surface area contributed by atoms with Crippen LogP contribution in [0.3, 0.4) is 0 Å². The lowest BCUT2D eigenvalue weighted by atomic mass is 9.85. The molecular weight excluding hydrogens is 318 g/mol. The van der Waals surface area contributed by atoms with Crippen molar-refractivity contribution in [3.05, 3.63) is 114 Å². The summed E-state index contributed by atoms with van der Waals surface area (Å²) in [6.07, 6.45) is 2.01. The summed E-state index contributed by atoms with van der Waals surface area (Å²) in [4.78, 5) is 0. The van der Waals surface area contributed by atoms with Crippen molar-refractivity contribution in [3.8, 4) is 5.75 Å². The Morgan fingerprint density at radius 2 is 1.58 bits per heavy atom. The van der Waals surface area contributed by atoms with E-state index in [1.807, 2.05) is 30.3 Å². The van der Waals surface area contributed by atoms with Gasteiger partial charge in [-0.25, -0.2) is 0 Å². The predicted molar refractivity (Wildman–Crippen MR) is 108 cm³/mol. The predicted octanol–water partition coefficient (Wildman–Crippen LogP) is 5.50. The highest BCUT2D eigenvalue weighted by Crippen LogP contribution is 2.34. The number of nitrogens with one attached hydrogen (secondary N) is 1. The number of benzene rings is 3. The fourth-order valence-electron chi connectivity index (χ4n) is 3.40. The zero-order valence-electron chi connectivity index (χ0n) is 15.1. The van der Waals surface area contributed by atoms with Crippen LogP contribution in [0.1, 0.15) is 34.2 Å². The lowest BCUT2D eigenvalue weighted by Gasteiger charge is -2.28. The molecule has 0 saturated carbocycles. The first-order valence-corrected chi connectivity index (χ1v) is 8.94. The molecule has 26 heavy (non-hydrogen) atoms. The van der Waals surface area contributed by atoms with Crippen LogP contribution in [-0.4, -0.2) is 5.11 Å². The third-order valence-electron chi connectivity index (χ3n) is 4.82.